The summed E-state index contributed by atoms with van der Waals surface area (Å²) in [4.78, 5) is 21.5. The Balaban J connectivity index is 2.05. The number of anilines is 1. The molecule has 5 nitrogen and oxygen atoms in total. The van der Waals surface area contributed by atoms with Gasteiger partial charge in [-0.25, -0.2) is 18.2 Å². The average molecular weight is 362 g/mol. The molecule has 2 atom stereocenters. The second kappa shape index (κ2) is 7.15. The van der Waals surface area contributed by atoms with E-state index in [0.29, 0.717) is 0 Å². The zero-order valence-electron chi connectivity index (χ0n) is 14.0. The minimum atomic E-state index is -1.23. The topological polar surface area (TPSA) is 57.6 Å². The van der Waals surface area contributed by atoms with Gasteiger partial charge in [-0.3, -0.25) is 9.79 Å². The molecule has 2 heterocycles. The summed E-state index contributed by atoms with van der Waals surface area (Å²) in [7, 11) is 1.45. The first kappa shape index (κ1) is 17.9. The molecule has 1 fully saturated rings. The maximum Gasteiger partial charge on any atom is 0.271 e. The number of nitrogens with zero attached hydrogens (tertiary/aromatic N) is 3. The standard InChI is InChI=1S/C18H17F3N4O/c1-22-14-5-6-16(24-17(14)18(26)23-2)25-9-11(20)8-15(25)12-7-10(19)3-4-13(12)21/h3-7,11,15H,1,8-9H2,2H3,(H,23,26)/t11-,15+/m0/s1. The highest BCUT2D eigenvalue weighted by atomic mass is 19.1. The SMILES string of the molecule is C=Nc1ccc(N2C[C@@H](F)C[C@@H]2c2cc(F)ccc2F)nc1C(=O)NC. The number of halogens is 3. The second-order valence-electron chi connectivity index (χ2n) is 5.94. The number of carbonyl (C=O) groups excluding carboxylic acids is 1. The van der Waals surface area contributed by atoms with Gasteiger partial charge in [-0.1, -0.05) is 0 Å². The third-order valence-corrected chi connectivity index (χ3v) is 4.33. The predicted octanol–water partition coefficient (Wildman–Crippen LogP) is 3.34. The van der Waals surface area contributed by atoms with Crippen molar-refractivity contribution in [3.05, 3.63) is 53.2 Å². The fourth-order valence-corrected chi connectivity index (χ4v) is 3.12. The average Bonchev–Trinajstić information content (AvgIpc) is 3.04. The maximum atomic E-state index is 14.2. The normalized spacial score (nSPS) is 19.5. The van der Waals surface area contributed by atoms with E-state index in [1.807, 2.05) is 0 Å². The van der Waals surface area contributed by atoms with Crippen molar-refractivity contribution in [3.8, 4) is 0 Å². The molecule has 0 aliphatic carbocycles. The molecular formula is C18H17F3N4O. The lowest BCUT2D eigenvalue weighted by Gasteiger charge is -2.26. The van der Waals surface area contributed by atoms with Crippen molar-refractivity contribution in [3.63, 3.8) is 0 Å². The van der Waals surface area contributed by atoms with Crippen LogP contribution in [0.2, 0.25) is 0 Å². The third-order valence-electron chi connectivity index (χ3n) is 4.33. The Hall–Kier alpha value is -2.90. The summed E-state index contributed by atoms with van der Waals surface area (Å²) in [6.45, 7) is 3.36. The Bertz CT molecular complexity index is 858. The van der Waals surface area contributed by atoms with Crippen LogP contribution in [0.25, 0.3) is 0 Å². The fraction of sp³-hybridized carbons (Fsp3) is 0.278. The van der Waals surface area contributed by atoms with E-state index in [-0.39, 0.29) is 35.7 Å². The van der Waals surface area contributed by atoms with E-state index in [9.17, 15) is 18.0 Å². The lowest BCUT2D eigenvalue weighted by atomic mass is 10.0. The Labute approximate surface area is 148 Å². The molecule has 0 radical (unpaired) electrons. The van der Waals surface area contributed by atoms with E-state index >= 15 is 0 Å². The number of carbonyl (C=O) groups is 1. The zero-order chi connectivity index (χ0) is 18.8. The van der Waals surface area contributed by atoms with E-state index < -0.39 is 29.8 Å². The van der Waals surface area contributed by atoms with Gasteiger partial charge in [0.15, 0.2) is 5.69 Å². The Morgan fingerprint density at radius 2 is 2.12 bits per heavy atom. The van der Waals surface area contributed by atoms with Crippen LogP contribution < -0.4 is 10.2 Å². The van der Waals surface area contributed by atoms with Crippen molar-refractivity contribution < 1.29 is 18.0 Å². The minimum absolute atomic E-state index is 0.00117. The van der Waals surface area contributed by atoms with Gasteiger partial charge in [0.2, 0.25) is 0 Å². The third kappa shape index (κ3) is 3.26. The Morgan fingerprint density at radius 3 is 2.81 bits per heavy atom. The second-order valence-corrected chi connectivity index (χ2v) is 5.94. The molecule has 0 bridgehead atoms. The summed E-state index contributed by atoms with van der Waals surface area (Å²) in [5.41, 5.74) is 0.359. The number of benzene rings is 1. The molecule has 1 aliphatic heterocycles. The number of hydrogen-bond acceptors (Lipinski definition) is 4. The van der Waals surface area contributed by atoms with E-state index in [0.717, 1.165) is 18.2 Å². The van der Waals surface area contributed by atoms with Gasteiger partial charge in [0.25, 0.3) is 5.91 Å². The molecular weight excluding hydrogens is 345 g/mol. The van der Waals surface area contributed by atoms with Gasteiger partial charge < -0.3 is 10.2 Å². The lowest BCUT2D eigenvalue weighted by Crippen LogP contribution is -2.27. The first-order chi connectivity index (χ1) is 12.4. The Morgan fingerprint density at radius 1 is 1.35 bits per heavy atom. The molecule has 2 aromatic rings. The van der Waals surface area contributed by atoms with Crippen LogP contribution in [0.1, 0.15) is 28.5 Å². The van der Waals surface area contributed by atoms with Gasteiger partial charge in [0, 0.05) is 19.0 Å². The van der Waals surface area contributed by atoms with Gasteiger partial charge in [0.05, 0.1) is 18.3 Å². The summed E-state index contributed by atoms with van der Waals surface area (Å²) < 4.78 is 41.9. The number of nitrogens with one attached hydrogen (secondary N) is 1. The van der Waals surface area contributed by atoms with Gasteiger partial charge in [0.1, 0.15) is 23.6 Å². The van der Waals surface area contributed by atoms with Crippen LogP contribution >= 0.6 is 0 Å². The van der Waals surface area contributed by atoms with Gasteiger partial charge >= 0.3 is 0 Å². The number of rotatable bonds is 4. The molecule has 26 heavy (non-hydrogen) atoms. The number of amides is 1. The number of pyridine rings is 1. The molecule has 0 saturated carbocycles. The van der Waals surface area contributed by atoms with E-state index in [1.165, 1.54) is 18.0 Å². The van der Waals surface area contributed by atoms with Crippen molar-refractivity contribution >= 4 is 24.1 Å². The van der Waals surface area contributed by atoms with Crippen molar-refractivity contribution in [2.75, 3.05) is 18.5 Å². The van der Waals surface area contributed by atoms with Crippen LogP contribution in [0.3, 0.4) is 0 Å². The first-order valence-electron chi connectivity index (χ1n) is 8.00. The fourth-order valence-electron chi connectivity index (χ4n) is 3.12. The molecule has 8 heteroatoms. The molecule has 1 aliphatic rings. The molecule has 1 amide bonds. The van der Waals surface area contributed by atoms with Crippen LogP contribution in [0.15, 0.2) is 35.3 Å². The molecule has 0 unspecified atom stereocenters. The lowest BCUT2D eigenvalue weighted by molar-refractivity contribution is 0.0959. The minimum Gasteiger partial charge on any atom is -0.354 e. The van der Waals surface area contributed by atoms with Crippen molar-refractivity contribution in [1.29, 1.82) is 0 Å². The van der Waals surface area contributed by atoms with Crippen molar-refractivity contribution in [2.24, 2.45) is 4.99 Å². The highest BCUT2D eigenvalue weighted by molar-refractivity contribution is 5.97. The smallest absolute Gasteiger partial charge is 0.271 e. The molecule has 0 spiro atoms. The van der Waals surface area contributed by atoms with E-state index in [1.54, 1.807) is 6.07 Å². The summed E-state index contributed by atoms with van der Waals surface area (Å²) in [6, 6.07) is 5.45. The van der Waals surface area contributed by atoms with Crippen LogP contribution in [-0.4, -0.2) is 37.4 Å². The summed E-state index contributed by atoms with van der Waals surface area (Å²) in [5, 5.41) is 2.45. The first-order valence-corrected chi connectivity index (χ1v) is 8.00. The summed E-state index contributed by atoms with van der Waals surface area (Å²) in [6.07, 6.45) is -1.23. The van der Waals surface area contributed by atoms with Gasteiger partial charge in [-0.15, -0.1) is 0 Å². The van der Waals surface area contributed by atoms with Crippen molar-refractivity contribution in [2.45, 2.75) is 18.6 Å². The van der Waals surface area contributed by atoms with E-state index in [4.69, 9.17) is 0 Å². The largest absolute Gasteiger partial charge is 0.354 e. The van der Waals surface area contributed by atoms with Gasteiger partial charge in [-0.2, -0.15) is 0 Å². The molecule has 1 N–H and O–H groups in total. The van der Waals surface area contributed by atoms with Crippen LogP contribution in [0.4, 0.5) is 24.7 Å². The molecule has 1 aromatic heterocycles. The predicted molar refractivity (Wildman–Crippen MR) is 92.8 cm³/mol. The van der Waals surface area contributed by atoms with Crippen LogP contribution in [0, 0.1) is 11.6 Å². The van der Waals surface area contributed by atoms with Gasteiger partial charge in [-0.05, 0) is 37.0 Å². The number of aliphatic imine (C=N–C) groups is 1. The van der Waals surface area contributed by atoms with Crippen molar-refractivity contribution in [1.82, 2.24) is 10.3 Å². The quantitative estimate of drug-likeness (QED) is 0.849. The zero-order valence-corrected chi connectivity index (χ0v) is 14.0. The number of alkyl halides is 1. The summed E-state index contributed by atoms with van der Waals surface area (Å²) >= 11 is 0. The summed E-state index contributed by atoms with van der Waals surface area (Å²) in [5.74, 6) is -1.41. The number of aromatic nitrogens is 1. The number of hydrogen-bond donors (Lipinski definition) is 1. The molecule has 136 valence electrons. The molecule has 1 saturated heterocycles. The highest BCUT2D eigenvalue weighted by Gasteiger charge is 2.36. The monoisotopic (exact) mass is 362 g/mol. The van der Waals surface area contributed by atoms with Crippen LogP contribution in [-0.2, 0) is 0 Å². The Kier molecular flexibility index (Phi) is 4.92. The highest BCUT2D eigenvalue weighted by Crippen LogP contribution is 2.38. The van der Waals surface area contributed by atoms with E-state index in [2.05, 4.69) is 22.0 Å². The molecule has 1 aromatic carbocycles. The maximum absolute atomic E-state index is 14.2. The van der Waals surface area contributed by atoms with Crippen LogP contribution in [0.5, 0.6) is 0 Å². The molecule has 3 rings (SSSR count).